The van der Waals surface area contributed by atoms with Crippen LogP contribution in [0.4, 0.5) is 0 Å². The lowest BCUT2D eigenvalue weighted by atomic mass is 9.74. The number of nitrogens with one attached hydrogen (secondary N) is 1. The minimum absolute atomic E-state index is 0.161. The van der Waals surface area contributed by atoms with Crippen molar-refractivity contribution >= 4 is 17.5 Å². The van der Waals surface area contributed by atoms with Gasteiger partial charge in [-0.15, -0.1) is 5.10 Å². The topological polar surface area (TPSA) is 81.9 Å². The largest absolute Gasteiger partial charge is 0.381 e. The molecule has 2 heterocycles. The fraction of sp³-hybridized carbons (Fsp3) is 0.300. The zero-order valence-corrected chi connectivity index (χ0v) is 16.0. The van der Waals surface area contributed by atoms with Gasteiger partial charge in [-0.3, -0.25) is 4.79 Å². The second kappa shape index (κ2) is 8.08. The average Bonchev–Trinajstić information content (AvgIpc) is 3.28. The van der Waals surface area contributed by atoms with Gasteiger partial charge in [0.15, 0.2) is 0 Å². The normalized spacial score (nSPS) is 15.9. The molecule has 8 heteroatoms. The number of tetrazole rings is 1. The summed E-state index contributed by atoms with van der Waals surface area (Å²) in [6.45, 7) is 1.85. The van der Waals surface area contributed by atoms with E-state index in [1.165, 1.54) is 11.0 Å². The molecule has 1 N–H and O–H groups in total. The van der Waals surface area contributed by atoms with Crippen LogP contribution < -0.4 is 5.32 Å². The van der Waals surface area contributed by atoms with E-state index in [0.717, 1.165) is 18.4 Å². The highest BCUT2D eigenvalue weighted by atomic mass is 35.5. The van der Waals surface area contributed by atoms with Crippen molar-refractivity contribution in [1.82, 2.24) is 25.5 Å². The highest BCUT2D eigenvalue weighted by molar-refractivity contribution is 6.30. The van der Waals surface area contributed by atoms with Crippen molar-refractivity contribution in [3.63, 3.8) is 0 Å². The number of hydrogen-bond donors (Lipinski definition) is 1. The monoisotopic (exact) mass is 397 g/mol. The molecule has 144 valence electrons. The predicted octanol–water partition coefficient (Wildman–Crippen LogP) is 2.79. The smallest absolute Gasteiger partial charge is 0.253 e. The van der Waals surface area contributed by atoms with Crippen LogP contribution in [0.15, 0.2) is 54.9 Å². The van der Waals surface area contributed by atoms with Gasteiger partial charge in [0, 0.05) is 30.2 Å². The van der Waals surface area contributed by atoms with Crippen molar-refractivity contribution < 1.29 is 9.53 Å². The number of aromatic nitrogens is 4. The first-order valence-corrected chi connectivity index (χ1v) is 9.50. The van der Waals surface area contributed by atoms with Crippen LogP contribution in [0.5, 0.6) is 0 Å². The molecule has 0 aliphatic carbocycles. The first kappa shape index (κ1) is 18.6. The third kappa shape index (κ3) is 3.76. The zero-order valence-electron chi connectivity index (χ0n) is 15.2. The summed E-state index contributed by atoms with van der Waals surface area (Å²) in [7, 11) is 0. The Kier molecular flexibility index (Phi) is 5.36. The molecular formula is C20H20ClN5O2. The summed E-state index contributed by atoms with van der Waals surface area (Å²) < 4.78 is 7.05. The number of carbonyl (C=O) groups excluding carboxylic acids is 1. The number of rotatable bonds is 5. The Morgan fingerprint density at radius 3 is 2.61 bits per heavy atom. The molecule has 0 saturated carbocycles. The van der Waals surface area contributed by atoms with E-state index in [1.807, 2.05) is 42.5 Å². The molecule has 28 heavy (non-hydrogen) atoms. The summed E-state index contributed by atoms with van der Waals surface area (Å²) in [4.78, 5) is 13.0. The van der Waals surface area contributed by atoms with Crippen LogP contribution in [0.1, 0.15) is 28.8 Å². The molecule has 4 rings (SSSR count). The van der Waals surface area contributed by atoms with Crippen molar-refractivity contribution in [3.05, 3.63) is 71.0 Å². The lowest BCUT2D eigenvalue weighted by molar-refractivity contribution is 0.0487. The van der Waals surface area contributed by atoms with Gasteiger partial charge in [0.2, 0.25) is 0 Å². The highest BCUT2D eigenvalue weighted by Crippen LogP contribution is 2.35. The van der Waals surface area contributed by atoms with Gasteiger partial charge in [0.05, 0.1) is 11.3 Å². The molecular weight excluding hydrogens is 378 g/mol. The third-order valence-electron chi connectivity index (χ3n) is 5.24. The first-order chi connectivity index (χ1) is 13.7. The molecule has 0 unspecified atom stereocenters. The van der Waals surface area contributed by atoms with Gasteiger partial charge in [0.1, 0.15) is 6.33 Å². The van der Waals surface area contributed by atoms with Crippen LogP contribution in [0.25, 0.3) is 5.69 Å². The molecule has 0 radical (unpaired) electrons. The minimum Gasteiger partial charge on any atom is -0.381 e. The van der Waals surface area contributed by atoms with Crippen molar-refractivity contribution in [2.24, 2.45) is 0 Å². The molecule has 1 aliphatic heterocycles. The number of halogens is 1. The van der Waals surface area contributed by atoms with Crippen molar-refractivity contribution in [2.75, 3.05) is 19.8 Å². The van der Waals surface area contributed by atoms with Gasteiger partial charge in [-0.1, -0.05) is 35.9 Å². The molecule has 7 nitrogen and oxygen atoms in total. The van der Waals surface area contributed by atoms with Crippen LogP contribution >= 0.6 is 11.6 Å². The highest BCUT2D eigenvalue weighted by Gasteiger charge is 2.35. The Hall–Kier alpha value is -2.77. The number of carbonyl (C=O) groups is 1. The van der Waals surface area contributed by atoms with Gasteiger partial charge < -0.3 is 10.1 Å². The molecule has 1 saturated heterocycles. The van der Waals surface area contributed by atoms with Gasteiger partial charge in [0.25, 0.3) is 5.91 Å². The van der Waals surface area contributed by atoms with E-state index in [9.17, 15) is 4.79 Å². The summed E-state index contributed by atoms with van der Waals surface area (Å²) >= 11 is 6.06. The second-order valence-corrected chi connectivity index (χ2v) is 7.29. The SMILES string of the molecule is O=C(NCC1(c2ccc(Cl)cc2)CCOCC1)c1ccccc1-n1cnnn1. The second-order valence-electron chi connectivity index (χ2n) is 6.85. The average molecular weight is 398 g/mol. The summed E-state index contributed by atoms with van der Waals surface area (Å²) in [6, 6.07) is 15.1. The molecule has 1 aliphatic rings. The Bertz CT molecular complexity index is 937. The summed E-state index contributed by atoms with van der Waals surface area (Å²) in [6.07, 6.45) is 3.15. The maximum atomic E-state index is 13.0. The Balaban J connectivity index is 1.57. The van der Waals surface area contributed by atoms with Crippen molar-refractivity contribution in [2.45, 2.75) is 18.3 Å². The van der Waals surface area contributed by atoms with Gasteiger partial charge in [-0.05, 0) is 53.1 Å². The number of benzene rings is 2. The van der Waals surface area contributed by atoms with Crippen LogP contribution in [-0.4, -0.2) is 45.9 Å². The number of ether oxygens (including phenoxy) is 1. The molecule has 2 aromatic carbocycles. The van der Waals surface area contributed by atoms with E-state index in [4.69, 9.17) is 16.3 Å². The van der Waals surface area contributed by atoms with Crippen LogP contribution in [-0.2, 0) is 10.2 Å². The molecule has 3 aromatic rings. The minimum atomic E-state index is -0.178. The lowest BCUT2D eigenvalue weighted by Gasteiger charge is -2.38. The van der Waals surface area contributed by atoms with Crippen molar-refractivity contribution in [1.29, 1.82) is 0 Å². The first-order valence-electron chi connectivity index (χ1n) is 9.12. The molecule has 1 aromatic heterocycles. The number of nitrogens with zero attached hydrogens (tertiary/aromatic N) is 4. The van der Waals surface area contributed by atoms with Crippen LogP contribution in [0, 0.1) is 0 Å². The summed E-state index contributed by atoms with van der Waals surface area (Å²) in [5, 5.41) is 15.0. The zero-order chi connectivity index (χ0) is 19.4. The van der Waals surface area contributed by atoms with Gasteiger partial charge in [-0.2, -0.15) is 4.68 Å². The van der Waals surface area contributed by atoms with Crippen LogP contribution in [0.3, 0.4) is 0 Å². The van der Waals surface area contributed by atoms with Crippen molar-refractivity contribution in [3.8, 4) is 5.69 Å². The Labute approximate surface area is 167 Å². The number of hydrogen-bond acceptors (Lipinski definition) is 5. The van der Waals surface area contributed by atoms with E-state index in [1.54, 1.807) is 6.07 Å². The third-order valence-corrected chi connectivity index (χ3v) is 5.49. The van der Waals surface area contributed by atoms with E-state index in [-0.39, 0.29) is 11.3 Å². The molecule has 1 fully saturated rings. The maximum absolute atomic E-state index is 13.0. The molecule has 0 atom stereocenters. The van der Waals surface area contributed by atoms with E-state index >= 15 is 0 Å². The van der Waals surface area contributed by atoms with Gasteiger partial charge >= 0.3 is 0 Å². The number of para-hydroxylation sites is 1. The Morgan fingerprint density at radius 1 is 1.14 bits per heavy atom. The fourth-order valence-corrected chi connectivity index (χ4v) is 3.74. The standard InChI is InChI=1S/C20H20ClN5O2/c21-16-7-5-15(6-8-16)20(9-11-28-12-10-20)13-22-19(27)17-3-1-2-4-18(17)26-14-23-24-25-26/h1-8,14H,9-13H2,(H,22,27). The van der Waals surface area contributed by atoms with E-state index in [2.05, 4.69) is 20.8 Å². The predicted molar refractivity (Wildman–Crippen MR) is 105 cm³/mol. The van der Waals surface area contributed by atoms with E-state index in [0.29, 0.717) is 36.0 Å². The number of amides is 1. The van der Waals surface area contributed by atoms with Crippen LogP contribution in [0.2, 0.25) is 5.02 Å². The fourth-order valence-electron chi connectivity index (χ4n) is 3.61. The molecule has 0 bridgehead atoms. The summed E-state index contributed by atoms with van der Waals surface area (Å²) in [5.41, 5.74) is 2.14. The Morgan fingerprint density at radius 2 is 1.89 bits per heavy atom. The molecule has 0 spiro atoms. The van der Waals surface area contributed by atoms with Gasteiger partial charge in [-0.25, -0.2) is 0 Å². The quantitative estimate of drug-likeness (QED) is 0.715. The van der Waals surface area contributed by atoms with E-state index < -0.39 is 0 Å². The summed E-state index contributed by atoms with van der Waals surface area (Å²) in [5.74, 6) is -0.161. The lowest BCUT2D eigenvalue weighted by Crippen LogP contribution is -2.44. The molecule has 1 amide bonds. The maximum Gasteiger partial charge on any atom is 0.253 e.